The number of methoxy groups -OCH3 is 1. The van der Waals surface area contributed by atoms with Gasteiger partial charge < -0.3 is 10.1 Å². The molecule has 0 unspecified atom stereocenters. The molecule has 0 aromatic carbocycles. The van der Waals surface area contributed by atoms with Crippen molar-refractivity contribution in [2.75, 3.05) is 23.9 Å². The lowest BCUT2D eigenvalue weighted by atomic mass is 10.1. The molecular formula is C11H13NO5S2. The Bertz CT molecular complexity index is 604. The van der Waals surface area contributed by atoms with Gasteiger partial charge in [0.1, 0.15) is 4.88 Å². The van der Waals surface area contributed by atoms with Gasteiger partial charge in [-0.15, -0.1) is 11.3 Å². The Morgan fingerprint density at radius 1 is 1.47 bits per heavy atom. The van der Waals surface area contributed by atoms with Crippen molar-refractivity contribution in [1.82, 2.24) is 0 Å². The predicted octanol–water partition coefficient (Wildman–Crippen LogP) is 0.908. The Labute approximate surface area is 114 Å². The van der Waals surface area contributed by atoms with Crippen LogP contribution in [-0.4, -0.2) is 38.9 Å². The Balaban J connectivity index is 2.08. The summed E-state index contributed by atoms with van der Waals surface area (Å²) in [7, 11) is -1.84. The van der Waals surface area contributed by atoms with Gasteiger partial charge in [-0.05, 0) is 17.9 Å². The molecule has 1 N–H and O–H groups in total. The molecule has 19 heavy (non-hydrogen) atoms. The third-order valence-corrected chi connectivity index (χ3v) is 5.56. The minimum atomic E-state index is -3.10. The summed E-state index contributed by atoms with van der Waals surface area (Å²) >= 11 is 1.16. The first-order valence-electron chi connectivity index (χ1n) is 5.60. The van der Waals surface area contributed by atoms with E-state index in [1.54, 1.807) is 11.4 Å². The van der Waals surface area contributed by atoms with E-state index < -0.39 is 21.7 Å². The van der Waals surface area contributed by atoms with Crippen LogP contribution in [0.3, 0.4) is 0 Å². The van der Waals surface area contributed by atoms with Gasteiger partial charge in [0.15, 0.2) is 9.84 Å². The third-order valence-electron chi connectivity index (χ3n) is 2.90. The van der Waals surface area contributed by atoms with Crippen molar-refractivity contribution in [2.24, 2.45) is 5.92 Å². The number of amides is 1. The Kier molecular flexibility index (Phi) is 3.91. The molecule has 2 rings (SSSR count). The summed E-state index contributed by atoms with van der Waals surface area (Å²) < 4.78 is 27.2. The fourth-order valence-corrected chi connectivity index (χ4v) is 4.40. The van der Waals surface area contributed by atoms with E-state index in [1.807, 2.05) is 0 Å². The van der Waals surface area contributed by atoms with Crippen LogP contribution in [0.5, 0.6) is 0 Å². The van der Waals surface area contributed by atoms with E-state index in [1.165, 1.54) is 7.11 Å². The summed E-state index contributed by atoms with van der Waals surface area (Å²) in [5, 5.41) is 4.25. The maximum atomic E-state index is 11.9. The highest BCUT2D eigenvalue weighted by molar-refractivity contribution is 7.91. The largest absolute Gasteiger partial charge is 0.465 e. The van der Waals surface area contributed by atoms with Gasteiger partial charge in [0, 0.05) is 0 Å². The number of rotatable bonds is 3. The van der Waals surface area contributed by atoms with Crippen LogP contribution < -0.4 is 5.32 Å². The van der Waals surface area contributed by atoms with Crippen molar-refractivity contribution < 1.29 is 22.7 Å². The molecule has 104 valence electrons. The zero-order valence-corrected chi connectivity index (χ0v) is 11.8. The number of anilines is 1. The molecule has 1 amide bonds. The molecule has 0 aliphatic carbocycles. The molecule has 1 saturated heterocycles. The fourth-order valence-electron chi connectivity index (χ4n) is 1.90. The molecule has 0 bridgehead atoms. The number of thiophene rings is 1. The molecule has 0 radical (unpaired) electrons. The summed E-state index contributed by atoms with van der Waals surface area (Å²) in [6.45, 7) is 0. The second-order valence-corrected chi connectivity index (χ2v) is 7.39. The normalized spacial score (nSPS) is 21.0. The van der Waals surface area contributed by atoms with Gasteiger partial charge in [0.2, 0.25) is 5.91 Å². The Morgan fingerprint density at radius 2 is 2.21 bits per heavy atom. The molecule has 1 aliphatic rings. The number of hydrogen-bond acceptors (Lipinski definition) is 6. The molecule has 6 nitrogen and oxygen atoms in total. The van der Waals surface area contributed by atoms with Crippen molar-refractivity contribution in [2.45, 2.75) is 6.42 Å². The molecule has 1 aromatic heterocycles. The van der Waals surface area contributed by atoms with Crippen LogP contribution in [0.4, 0.5) is 5.69 Å². The van der Waals surface area contributed by atoms with Crippen molar-refractivity contribution in [3.8, 4) is 0 Å². The van der Waals surface area contributed by atoms with Crippen LogP contribution in [0.25, 0.3) is 0 Å². The predicted molar refractivity (Wildman–Crippen MR) is 71.0 cm³/mol. The number of hydrogen-bond donors (Lipinski definition) is 1. The molecule has 0 saturated carbocycles. The van der Waals surface area contributed by atoms with E-state index in [0.29, 0.717) is 17.0 Å². The van der Waals surface area contributed by atoms with Crippen LogP contribution in [-0.2, 0) is 19.4 Å². The molecule has 8 heteroatoms. The number of carbonyl (C=O) groups is 2. The van der Waals surface area contributed by atoms with E-state index in [4.69, 9.17) is 0 Å². The van der Waals surface area contributed by atoms with E-state index in [0.717, 1.165) is 11.3 Å². The van der Waals surface area contributed by atoms with Crippen LogP contribution >= 0.6 is 11.3 Å². The van der Waals surface area contributed by atoms with Gasteiger partial charge in [-0.2, -0.15) is 0 Å². The third kappa shape index (κ3) is 3.13. The summed E-state index contributed by atoms with van der Waals surface area (Å²) in [5.74, 6) is -1.53. The van der Waals surface area contributed by atoms with Crippen molar-refractivity contribution in [1.29, 1.82) is 0 Å². The van der Waals surface area contributed by atoms with Crippen LogP contribution in [0.15, 0.2) is 11.4 Å². The molecule has 0 spiro atoms. The van der Waals surface area contributed by atoms with Gasteiger partial charge >= 0.3 is 5.97 Å². The maximum absolute atomic E-state index is 11.9. The number of ether oxygens (including phenoxy) is 1. The van der Waals surface area contributed by atoms with Crippen LogP contribution in [0, 0.1) is 5.92 Å². The summed E-state index contributed by atoms with van der Waals surface area (Å²) in [6, 6.07) is 1.60. The average Bonchev–Trinajstić information content (AvgIpc) is 2.94. The number of esters is 1. The summed E-state index contributed by atoms with van der Waals surface area (Å²) in [5.41, 5.74) is 0.367. The van der Waals surface area contributed by atoms with Crippen LogP contribution in [0.2, 0.25) is 0 Å². The average molecular weight is 303 g/mol. The van der Waals surface area contributed by atoms with Crippen LogP contribution in [0.1, 0.15) is 16.1 Å². The summed E-state index contributed by atoms with van der Waals surface area (Å²) in [6.07, 6.45) is 0.325. The van der Waals surface area contributed by atoms with Gasteiger partial charge in [-0.1, -0.05) is 0 Å². The fraction of sp³-hybridized carbons (Fsp3) is 0.455. The Morgan fingerprint density at radius 3 is 2.79 bits per heavy atom. The van der Waals surface area contributed by atoms with E-state index in [2.05, 4.69) is 10.1 Å². The van der Waals surface area contributed by atoms with Gasteiger partial charge in [0.05, 0.1) is 30.2 Å². The van der Waals surface area contributed by atoms with Crippen molar-refractivity contribution >= 4 is 38.7 Å². The molecule has 1 atom stereocenters. The first-order chi connectivity index (χ1) is 8.93. The van der Waals surface area contributed by atoms with Crippen molar-refractivity contribution in [3.63, 3.8) is 0 Å². The van der Waals surface area contributed by atoms with Crippen molar-refractivity contribution in [3.05, 3.63) is 16.3 Å². The molecule has 2 heterocycles. The number of carbonyl (C=O) groups excluding carboxylic acids is 2. The topological polar surface area (TPSA) is 89.5 Å². The minimum Gasteiger partial charge on any atom is -0.465 e. The lowest BCUT2D eigenvalue weighted by Gasteiger charge is -2.09. The second-order valence-electron chi connectivity index (χ2n) is 4.24. The highest BCUT2D eigenvalue weighted by Gasteiger charge is 2.33. The maximum Gasteiger partial charge on any atom is 0.350 e. The smallest absolute Gasteiger partial charge is 0.350 e. The lowest BCUT2D eigenvalue weighted by molar-refractivity contribution is -0.119. The molecular weight excluding hydrogens is 290 g/mol. The van der Waals surface area contributed by atoms with E-state index >= 15 is 0 Å². The molecule has 1 fully saturated rings. The van der Waals surface area contributed by atoms with E-state index in [9.17, 15) is 18.0 Å². The highest BCUT2D eigenvalue weighted by Crippen LogP contribution is 2.25. The molecule has 1 aromatic rings. The SMILES string of the molecule is COC(=O)c1sccc1NC(=O)[C@@H]1CCS(=O)(=O)C1. The first-order valence-corrected chi connectivity index (χ1v) is 8.30. The standard InChI is InChI=1S/C11H13NO5S2/c1-17-11(14)9-8(2-4-18-9)12-10(13)7-3-5-19(15,16)6-7/h2,4,7H,3,5-6H2,1H3,(H,12,13)/t7-/m1/s1. The van der Waals surface area contributed by atoms with Gasteiger partial charge in [0.25, 0.3) is 0 Å². The van der Waals surface area contributed by atoms with E-state index in [-0.39, 0.29) is 17.4 Å². The minimum absolute atomic E-state index is 0.0403. The van der Waals surface area contributed by atoms with Gasteiger partial charge in [-0.3, -0.25) is 4.79 Å². The molecule has 1 aliphatic heterocycles. The zero-order valence-electron chi connectivity index (χ0n) is 10.2. The van der Waals surface area contributed by atoms with Gasteiger partial charge in [-0.25, -0.2) is 13.2 Å². The second kappa shape index (κ2) is 5.30. The number of nitrogens with one attached hydrogen (secondary N) is 1. The zero-order chi connectivity index (χ0) is 14.0. The Hall–Kier alpha value is -1.41. The number of sulfone groups is 1. The highest BCUT2D eigenvalue weighted by atomic mass is 32.2. The summed E-state index contributed by atoms with van der Waals surface area (Å²) in [4.78, 5) is 23.7. The first kappa shape index (κ1) is 14.0. The monoisotopic (exact) mass is 303 g/mol. The quantitative estimate of drug-likeness (QED) is 0.838. The lowest BCUT2D eigenvalue weighted by Crippen LogP contribution is -2.24.